The number of fused-ring (bicyclic) bond motifs is 1. The Morgan fingerprint density at radius 2 is 2.00 bits per heavy atom. The van der Waals surface area contributed by atoms with Crippen LogP contribution in [-0.4, -0.2) is 17.9 Å². The Bertz CT molecular complexity index is 567. The summed E-state index contributed by atoms with van der Waals surface area (Å²) in [6.07, 6.45) is 2.17. The van der Waals surface area contributed by atoms with Gasteiger partial charge in [0.05, 0.1) is 6.04 Å². The lowest BCUT2D eigenvalue weighted by molar-refractivity contribution is -0.119. The summed E-state index contributed by atoms with van der Waals surface area (Å²) in [5.74, 6) is -0.152. The van der Waals surface area contributed by atoms with E-state index >= 15 is 0 Å². The molecule has 0 spiro atoms. The van der Waals surface area contributed by atoms with E-state index in [9.17, 15) is 9.59 Å². The van der Waals surface area contributed by atoms with Gasteiger partial charge in [0.15, 0.2) is 0 Å². The van der Waals surface area contributed by atoms with Crippen LogP contribution in [0.3, 0.4) is 0 Å². The summed E-state index contributed by atoms with van der Waals surface area (Å²) >= 11 is 0. The quantitative estimate of drug-likeness (QED) is 0.781. The smallest absolute Gasteiger partial charge is 0.241 e. The second kappa shape index (κ2) is 7.11. The van der Waals surface area contributed by atoms with Crippen LogP contribution in [0.25, 0.3) is 0 Å². The van der Waals surface area contributed by atoms with Gasteiger partial charge in [0.1, 0.15) is 0 Å². The third-order valence-corrected chi connectivity index (χ3v) is 3.71. The zero-order valence-electron chi connectivity index (χ0n) is 13.2. The van der Waals surface area contributed by atoms with Gasteiger partial charge in [-0.15, -0.1) is 12.4 Å². The van der Waals surface area contributed by atoms with Crippen molar-refractivity contribution in [2.24, 2.45) is 11.1 Å². The van der Waals surface area contributed by atoms with Crippen molar-refractivity contribution < 1.29 is 9.59 Å². The van der Waals surface area contributed by atoms with Gasteiger partial charge in [-0.25, -0.2) is 0 Å². The maximum absolute atomic E-state index is 12.1. The van der Waals surface area contributed by atoms with Gasteiger partial charge in [-0.3, -0.25) is 9.59 Å². The van der Waals surface area contributed by atoms with Crippen molar-refractivity contribution in [3.05, 3.63) is 23.8 Å². The zero-order valence-corrected chi connectivity index (χ0v) is 14.0. The fraction of sp³-hybridized carbons (Fsp3) is 0.500. The first-order chi connectivity index (χ1) is 9.77. The molecule has 0 bridgehead atoms. The number of amides is 2. The molecule has 22 heavy (non-hydrogen) atoms. The molecular formula is C16H24ClN3O2. The molecule has 1 heterocycles. The lowest BCUT2D eigenvalue weighted by Gasteiger charge is -2.26. The minimum absolute atomic E-state index is 0. The Morgan fingerprint density at radius 3 is 2.64 bits per heavy atom. The average Bonchev–Trinajstić information content (AvgIpc) is 2.57. The molecule has 1 atom stereocenters. The number of hydrogen-bond donors (Lipinski definition) is 3. The number of benzene rings is 1. The van der Waals surface area contributed by atoms with E-state index in [-0.39, 0.29) is 29.6 Å². The molecule has 1 aromatic rings. The minimum Gasteiger partial charge on any atom is -0.326 e. The highest BCUT2D eigenvalue weighted by Gasteiger charge is 2.27. The molecule has 0 unspecified atom stereocenters. The van der Waals surface area contributed by atoms with Crippen LogP contribution in [0.1, 0.15) is 39.2 Å². The van der Waals surface area contributed by atoms with E-state index in [2.05, 4.69) is 10.6 Å². The second-order valence-electron chi connectivity index (χ2n) is 6.61. The molecular weight excluding hydrogens is 302 g/mol. The molecule has 1 aliphatic heterocycles. The standard InChI is InChI=1S/C16H23N3O2.ClH/c1-16(2,3)14(17)15(21)18-11-7-8-12-10(9-11)5-4-6-13(20)19-12;/h7-9,14H,4-6,17H2,1-3H3,(H,18,21)(H,19,20);1H/t14-;/m1./s1. The molecule has 1 aliphatic rings. The Morgan fingerprint density at radius 1 is 1.32 bits per heavy atom. The number of nitrogens with two attached hydrogens (primary N) is 1. The van der Waals surface area contributed by atoms with Gasteiger partial charge in [-0.05, 0) is 42.0 Å². The number of carbonyl (C=O) groups is 2. The summed E-state index contributed by atoms with van der Waals surface area (Å²) in [4.78, 5) is 23.7. The first-order valence-electron chi connectivity index (χ1n) is 7.26. The molecule has 0 saturated carbocycles. The highest BCUT2D eigenvalue weighted by molar-refractivity contribution is 5.96. The Kier molecular flexibility index (Phi) is 5.97. The molecule has 6 heteroatoms. The fourth-order valence-electron chi connectivity index (χ4n) is 2.27. The largest absolute Gasteiger partial charge is 0.326 e. The summed E-state index contributed by atoms with van der Waals surface area (Å²) in [7, 11) is 0. The van der Waals surface area contributed by atoms with Crippen molar-refractivity contribution in [2.45, 2.75) is 46.1 Å². The van der Waals surface area contributed by atoms with Crippen LogP contribution >= 0.6 is 12.4 Å². The van der Waals surface area contributed by atoms with Crippen molar-refractivity contribution in [2.75, 3.05) is 10.6 Å². The lowest BCUT2D eigenvalue weighted by Crippen LogP contribution is -2.45. The molecule has 0 radical (unpaired) electrons. The first-order valence-corrected chi connectivity index (χ1v) is 7.26. The van der Waals surface area contributed by atoms with Gasteiger partial charge in [-0.1, -0.05) is 20.8 Å². The van der Waals surface area contributed by atoms with E-state index in [1.165, 1.54) is 0 Å². The summed E-state index contributed by atoms with van der Waals surface area (Å²) in [6, 6.07) is 4.96. The molecule has 122 valence electrons. The van der Waals surface area contributed by atoms with Crippen LogP contribution < -0.4 is 16.4 Å². The van der Waals surface area contributed by atoms with E-state index in [4.69, 9.17) is 5.73 Å². The molecule has 0 saturated heterocycles. The lowest BCUT2D eigenvalue weighted by atomic mass is 9.87. The van der Waals surface area contributed by atoms with E-state index < -0.39 is 6.04 Å². The summed E-state index contributed by atoms with van der Waals surface area (Å²) < 4.78 is 0. The normalized spacial score (nSPS) is 15.7. The molecule has 2 amide bonds. The number of aryl methyl sites for hydroxylation is 1. The van der Waals surface area contributed by atoms with E-state index in [0.717, 1.165) is 29.8 Å². The molecule has 2 rings (SSSR count). The number of carbonyl (C=O) groups excluding carboxylic acids is 2. The number of anilines is 2. The van der Waals surface area contributed by atoms with Gasteiger partial charge < -0.3 is 16.4 Å². The van der Waals surface area contributed by atoms with Gasteiger partial charge in [0.2, 0.25) is 11.8 Å². The molecule has 1 aromatic carbocycles. The summed E-state index contributed by atoms with van der Waals surface area (Å²) in [5, 5.41) is 5.73. The van der Waals surface area contributed by atoms with Crippen molar-refractivity contribution in [3.63, 3.8) is 0 Å². The van der Waals surface area contributed by atoms with Crippen LogP contribution in [0.5, 0.6) is 0 Å². The van der Waals surface area contributed by atoms with E-state index in [1.807, 2.05) is 32.9 Å². The molecule has 5 nitrogen and oxygen atoms in total. The van der Waals surface area contributed by atoms with Gasteiger partial charge >= 0.3 is 0 Å². The van der Waals surface area contributed by atoms with Crippen molar-refractivity contribution >= 4 is 35.6 Å². The summed E-state index contributed by atoms with van der Waals surface area (Å²) in [6.45, 7) is 5.80. The van der Waals surface area contributed by atoms with Crippen molar-refractivity contribution in [1.29, 1.82) is 0 Å². The van der Waals surface area contributed by atoms with Crippen LogP contribution in [-0.2, 0) is 16.0 Å². The monoisotopic (exact) mass is 325 g/mol. The van der Waals surface area contributed by atoms with E-state index in [0.29, 0.717) is 6.42 Å². The van der Waals surface area contributed by atoms with Gasteiger partial charge in [0.25, 0.3) is 0 Å². The first kappa shape index (κ1) is 18.5. The van der Waals surface area contributed by atoms with Crippen molar-refractivity contribution in [1.82, 2.24) is 0 Å². The topological polar surface area (TPSA) is 84.2 Å². The summed E-state index contributed by atoms with van der Waals surface area (Å²) in [5.41, 5.74) is 8.26. The maximum atomic E-state index is 12.1. The maximum Gasteiger partial charge on any atom is 0.241 e. The van der Waals surface area contributed by atoms with Crippen LogP contribution in [0.2, 0.25) is 0 Å². The Labute approximate surface area is 137 Å². The highest BCUT2D eigenvalue weighted by atomic mass is 35.5. The van der Waals surface area contributed by atoms with Crippen LogP contribution in [0.4, 0.5) is 11.4 Å². The van der Waals surface area contributed by atoms with E-state index in [1.54, 1.807) is 6.07 Å². The zero-order chi connectivity index (χ0) is 15.6. The fourth-order valence-corrected chi connectivity index (χ4v) is 2.27. The highest BCUT2D eigenvalue weighted by Crippen LogP contribution is 2.26. The predicted molar refractivity (Wildman–Crippen MR) is 91.3 cm³/mol. The number of rotatable bonds is 2. The molecule has 0 aromatic heterocycles. The molecule has 0 aliphatic carbocycles. The Hall–Kier alpha value is -1.59. The predicted octanol–water partition coefficient (Wildman–Crippen LogP) is 2.70. The van der Waals surface area contributed by atoms with Crippen LogP contribution in [0.15, 0.2) is 18.2 Å². The number of nitrogens with one attached hydrogen (secondary N) is 2. The van der Waals surface area contributed by atoms with Crippen LogP contribution in [0, 0.1) is 5.41 Å². The van der Waals surface area contributed by atoms with Gasteiger partial charge in [-0.2, -0.15) is 0 Å². The average molecular weight is 326 g/mol. The van der Waals surface area contributed by atoms with Crippen molar-refractivity contribution in [3.8, 4) is 0 Å². The number of hydrogen-bond acceptors (Lipinski definition) is 3. The Balaban J connectivity index is 0.00000242. The third kappa shape index (κ3) is 4.45. The third-order valence-electron chi connectivity index (χ3n) is 3.71. The minimum atomic E-state index is -0.573. The second-order valence-corrected chi connectivity index (χ2v) is 6.61. The molecule has 0 fully saturated rings. The SMILES string of the molecule is CC(C)(C)[C@H](N)C(=O)Nc1ccc2c(c1)CCCC(=O)N2.Cl. The van der Waals surface area contributed by atoms with Gasteiger partial charge in [0, 0.05) is 17.8 Å². The number of halogens is 1. The molecule has 4 N–H and O–H groups in total.